The zero-order chi connectivity index (χ0) is 43.9. The Morgan fingerprint density at radius 1 is 1.00 bits per heavy atom. The van der Waals surface area contributed by atoms with Crippen LogP contribution in [0.4, 0.5) is 40.7 Å². The molecule has 1 saturated carbocycles. The van der Waals surface area contributed by atoms with E-state index >= 15 is 17.6 Å². The molecule has 4 atom stereocenters. The summed E-state index contributed by atoms with van der Waals surface area (Å²) in [6.07, 6.45) is 4.17. The molecule has 1 aliphatic carbocycles. The second-order valence-electron chi connectivity index (χ2n) is 17.8. The molecule has 14 nitrogen and oxygen atoms in total. The summed E-state index contributed by atoms with van der Waals surface area (Å²) in [6.45, 7) is 1.69. The van der Waals surface area contributed by atoms with Gasteiger partial charge in [-0.2, -0.15) is 10.1 Å². The van der Waals surface area contributed by atoms with Crippen molar-refractivity contribution in [3.05, 3.63) is 69.0 Å². The van der Waals surface area contributed by atoms with Gasteiger partial charge in [-0.25, -0.2) is 22.5 Å². The van der Waals surface area contributed by atoms with Crippen LogP contribution in [0.25, 0.3) is 21.8 Å². The molecule has 10 rings (SSSR count). The van der Waals surface area contributed by atoms with Crippen molar-refractivity contribution in [1.82, 2.24) is 34.5 Å². The molecule has 3 N–H and O–H groups in total. The zero-order valence-corrected chi connectivity index (χ0v) is 35.5. The van der Waals surface area contributed by atoms with Crippen LogP contribution in [0.1, 0.15) is 68.0 Å². The lowest BCUT2D eigenvalue weighted by Gasteiger charge is -2.39. The van der Waals surface area contributed by atoms with E-state index in [1.54, 1.807) is 43.3 Å². The largest absolute Gasteiger partial charge is 0.480 e. The first-order chi connectivity index (χ1) is 30.2. The third-order valence-electron chi connectivity index (χ3n) is 13.7. The molecule has 63 heavy (non-hydrogen) atoms. The highest BCUT2D eigenvalue weighted by molar-refractivity contribution is 6.33. The van der Waals surface area contributed by atoms with Crippen molar-refractivity contribution in [2.45, 2.75) is 74.9 Å². The van der Waals surface area contributed by atoms with E-state index in [4.69, 9.17) is 16.3 Å². The first kappa shape index (κ1) is 41.5. The van der Waals surface area contributed by atoms with Gasteiger partial charge in [0.2, 0.25) is 23.5 Å². The van der Waals surface area contributed by atoms with Gasteiger partial charge in [0, 0.05) is 56.0 Å². The predicted octanol–water partition coefficient (Wildman–Crippen LogP) is 6.53. The van der Waals surface area contributed by atoms with Crippen LogP contribution < -0.4 is 31.1 Å². The van der Waals surface area contributed by atoms with Gasteiger partial charge >= 0.3 is 5.92 Å². The molecule has 4 aliphatic heterocycles. The molecule has 2 aromatic carbocycles. The Morgan fingerprint density at radius 3 is 2.54 bits per heavy atom. The quantitative estimate of drug-likeness (QED) is 0.115. The fourth-order valence-electron chi connectivity index (χ4n) is 10.0. The number of nitrogens with one attached hydrogen (secondary N) is 3. The minimum Gasteiger partial charge on any atom is -0.480 e. The zero-order valence-electron chi connectivity index (χ0n) is 34.8. The maximum Gasteiger partial charge on any atom is 0.301 e. The number of ether oxygens (including phenoxy) is 1. The molecule has 4 unspecified atom stereocenters. The van der Waals surface area contributed by atoms with Crippen LogP contribution in [0.5, 0.6) is 5.75 Å². The summed E-state index contributed by atoms with van der Waals surface area (Å²) in [5, 5.41) is 14.4. The van der Waals surface area contributed by atoms with E-state index in [2.05, 4.69) is 35.9 Å². The van der Waals surface area contributed by atoms with Crippen LogP contribution in [-0.2, 0) is 23.7 Å². The highest BCUT2D eigenvalue weighted by Gasteiger charge is 2.51. The van der Waals surface area contributed by atoms with Gasteiger partial charge in [-0.15, -0.1) is 0 Å². The highest BCUT2D eigenvalue weighted by atomic mass is 35.5. The van der Waals surface area contributed by atoms with Gasteiger partial charge in [-0.3, -0.25) is 24.4 Å². The Hall–Kier alpha value is -5.49. The van der Waals surface area contributed by atoms with Crippen molar-refractivity contribution in [2.24, 2.45) is 25.9 Å². The summed E-state index contributed by atoms with van der Waals surface area (Å²) in [5.41, 5.74) is 2.19. The standard InChI is InChI=1S/C44H47ClF4N10O4/c1-56-32-9-5-25(17-29(32)36-38(42(56)62)63-21-44(48,49)39(53-36)23-3-4-23)51-40-30(45)18-50-43(54-40)59-16-13-24(31(46)20-59)19-58-14-11-22(12-15-58)26-6-7-27-35(55-57(2)37(27)34(26)47)28-8-10-33(60)52-41(28)61/h5-7,9,17-18,22-24,28,31,39,53H,3-4,8,10-16,19-21H2,1-2H3,(H,50,51,54)(H,52,60,61). The topological polar surface area (TPSA) is 152 Å². The van der Waals surface area contributed by atoms with Crippen LogP contribution >= 0.6 is 11.6 Å². The fourth-order valence-corrected chi connectivity index (χ4v) is 10.2. The molecule has 0 bridgehead atoms. The predicted molar refractivity (Wildman–Crippen MR) is 230 cm³/mol. The van der Waals surface area contributed by atoms with Gasteiger partial charge in [-0.1, -0.05) is 23.7 Å². The van der Waals surface area contributed by atoms with E-state index in [1.165, 1.54) is 15.4 Å². The number of pyridine rings is 1. The molecule has 5 aromatic rings. The SMILES string of the molecule is Cn1nc(C2CCC(=O)NC2=O)c2ccc(C3CCN(CC4CCN(c5ncc(Cl)c(Nc6ccc7c(c6)c6c(c(=O)n7C)OCC(F)(F)C(C7CC7)N6)n5)CC4F)CC3)c(F)c21. The van der Waals surface area contributed by atoms with Crippen molar-refractivity contribution in [1.29, 1.82) is 0 Å². The first-order valence-corrected chi connectivity index (χ1v) is 22.0. The molecule has 0 radical (unpaired) electrons. The number of likely N-dealkylation sites (tertiary alicyclic amines) is 1. The number of carbonyl (C=O) groups is 2. The van der Waals surface area contributed by atoms with E-state index in [0.29, 0.717) is 109 Å². The van der Waals surface area contributed by atoms with Crippen molar-refractivity contribution in [3.8, 4) is 5.75 Å². The molecule has 5 aliphatic rings. The van der Waals surface area contributed by atoms with Crippen LogP contribution in [0.15, 0.2) is 41.3 Å². The number of rotatable bonds is 8. The number of aryl methyl sites for hydroxylation is 2. The number of benzene rings is 2. The van der Waals surface area contributed by atoms with Crippen molar-refractivity contribution in [2.75, 3.05) is 54.9 Å². The van der Waals surface area contributed by atoms with Crippen LogP contribution in [-0.4, -0.2) is 98.5 Å². The monoisotopic (exact) mass is 890 g/mol. The Labute approximate surface area is 364 Å². The average molecular weight is 891 g/mol. The number of anilines is 4. The van der Waals surface area contributed by atoms with Gasteiger partial charge in [0.1, 0.15) is 16.7 Å². The third-order valence-corrected chi connectivity index (χ3v) is 13.9. The number of hydrogen-bond donors (Lipinski definition) is 3. The van der Waals surface area contributed by atoms with Crippen LogP contribution in [0, 0.1) is 17.7 Å². The molecule has 19 heteroatoms. The number of nitrogens with zero attached hydrogens (tertiary/aromatic N) is 7. The molecule has 332 valence electrons. The number of amides is 2. The molecule has 4 fully saturated rings. The lowest BCUT2D eigenvalue weighted by atomic mass is 9.86. The minimum atomic E-state index is -3.17. The number of piperidine rings is 3. The summed E-state index contributed by atoms with van der Waals surface area (Å²) in [4.78, 5) is 50.7. The van der Waals surface area contributed by atoms with Gasteiger partial charge in [0.25, 0.3) is 5.56 Å². The van der Waals surface area contributed by atoms with Gasteiger partial charge < -0.3 is 29.7 Å². The number of fused-ring (bicyclic) bond motifs is 4. The van der Waals surface area contributed by atoms with E-state index in [-0.39, 0.29) is 64.7 Å². The smallest absolute Gasteiger partial charge is 0.301 e. The number of hydrogen-bond acceptors (Lipinski definition) is 11. The molecule has 0 spiro atoms. The maximum absolute atomic E-state index is 16.2. The fraction of sp³-hybridized carbons (Fsp3) is 0.500. The number of imide groups is 1. The molecular weight excluding hydrogens is 844 g/mol. The van der Waals surface area contributed by atoms with Gasteiger partial charge in [0.05, 0.1) is 41.6 Å². The molecule has 2 amide bonds. The Balaban J connectivity index is 0.784. The highest BCUT2D eigenvalue weighted by Crippen LogP contribution is 2.46. The Morgan fingerprint density at radius 2 is 1.79 bits per heavy atom. The number of alkyl halides is 3. The third kappa shape index (κ3) is 7.61. The first-order valence-electron chi connectivity index (χ1n) is 21.6. The number of aromatic nitrogens is 5. The molecule has 3 saturated heterocycles. The summed E-state index contributed by atoms with van der Waals surface area (Å²) in [6, 6.07) is 7.65. The van der Waals surface area contributed by atoms with E-state index in [0.717, 1.165) is 0 Å². The summed E-state index contributed by atoms with van der Waals surface area (Å²) in [5.74, 6) is -4.88. The molecule has 7 heterocycles. The second kappa shape index (κ2) is 15.9. The van der Waals surface area contributed by atoms with Crippen LogP contribution in [0.2, 0.25) is 5.02 Å². The normalized spacial score (nSPS) is 24.5. The summed E-state index contributed by atoms with van der Waals surface area (Å²) < 4.78 is 70.8. The molecular formula is C44H47ClF4N10O4. The summed E-state index contributed by atoms with van der Waals surface area (Å²) >= 11 is 6.57. The number of halogens is 5. The Kier molecular flexibility index (Phi) is 10.5. The molecule has 3 aromatic heterocycles. The number of carbonyl (C=O) groups excluding carboxylic acids is 2. The lowest BCUT2D eigenvalue weighted by Crippen LogP contribution is -2.47. The van der Waals surface area contributed by atoms with Crippen LogP contribution in [0.3, 0.4) is 0 Å². The van der Waals surface area contributed by atoms with Crippen molar-refractivity contribution >= 4 is 68.4 Å². The lowest BCUT2D eigenvalue weighted by molar-refractivity contribution is -0.134. The van der Waals surface area contributed by atoms with E-state index in [9.17, 15) is 14.4 Å². The van der Waals surface area contributed by atoms with Crippen molar-refractivity contribution < 1.29 is 31.9 Å². The van der Waals surface area contributed by atoms with E-state index in [1.807, 2.05) is 6.07 Å². The maximum atomic E-state index is 16.2. The van der Waals surface area contributed by atoms with Gasteiger partial charge in [-0.05, 0) is 87.2 Å². The second-order valence-corrected chi connectivity index (χ2v) is 18.2. The Bertz CT molecular complexity index is 2720. The average Bonchev–Trinajstić information content (AvgIpc) is 4.06. The summed E-state index contributed by atoms with van der Waals surface area (Å²) in [7, 11) is 3.23. The van der Waals surface area contributed by atoms with Crippen molar-refractivity contribution in [3.63, 3.8) is 0 Å². The van der Waals surface area contributed by atoms with E-state index < -0.39 is 42.1 Å². The van der Waals surface area contributed by atoms with Gasteiger partial charge in [0.15, 0.2) is 18.2 Å². The minimum absolute atomic E-state index is 0.0240.